The van der Waals surface area contributed by atoms with Crippen molar-refractivity contribution in [1.82, 2.24) is 24.9 Å². The van der Waals surface area contributed by atoms with E-state index >= 15 is 0 Å². The Bertz CT molecular complexity index is 1310. The van der Waals surface area contributed by atoms with Crippen LogP contribution in [0.4, 0.5) is 0 Å². The smallest absolute Gasteiger partial charge is 0.253 e. The topological polar surface area (TPSA) is 63.9 Å². The van der Waals surface area contributed by atoms with Crippen LogP contribution in [0.15, 0.2) is 72.8 Å². The Balaban J connectivity index is 1.28. The van der Waals surface area contributed by atoms with Crippen molar-refractivity contribution in [3.05, 3.63) is 88.9 Å². The number of thiazole rings is 1. The van der Waals surface area contributed by atoms with Crippen molar-refractivity contribution in [3.63, 3.8) is 0 Å². The van der Waals surface area contributed by atoms with Crippen molar-refractivity contribution in [2.24, 2.45) is 0 Å². The van der Waals surface area contributed by atoms with Crippen molar-refractivity contribution in [2.45, 2.75) is 13.1 Å². The lowest BCUT2D eigenvalue weighted by atomic mass is 10.1. The molecule has 0 aliphatic carbocycles. The molecular weight excluding hydrogens is 394 g/mol. The second-order valence-electron chi connectivity index (χ2n) is 7.17. The second kappa shape index (κ2) is 7.68. The van der Waals surface area contributed by atoms with E-state index in [-0.39, 0.29) is 5.91 Å². The van der Waals surface area contributed by atoms with Gasteiger partial charge in [0.2, 0.25) is 0 Å². The molecule has 7 heteroatoms. The van der Waals surface area contributed by atoms with Crippen LogP contribution >= 0.6 is 11.3 Å². The van der Waals surface area contributed by atoms with E-state index in [0.29, 0.717) is 18.7 Å². The van der Waals surface area contributed by atoms with Crippen LogP contribution in [-0.4, -0.2) is 37.8 Å². The van der Waals surface area contributed by atoms with Crippen LogP contribution in [0.3, 0.4) is 0 Å². The van der Waals surface area contributed by atoms with Gasteiger partial charge in [0.05, 0.1) is 28.8 Å². The Morgan fingerprint density at radius 3 is 2.50 bits per heavy atom. The van der Waals surface area contributed by atoms with E-state index < -0.39 is 0 Å². The number of para-hydroxylation sites is 2. The first kappa shape index (κ1) is 18.4. The first-order chi connectivity index (χ1) is 14.7. The molecule has 0 unspecified atom stereocenters. The van der Waals surface area contributed by atoms with E-state index in [1.54, 1.807) is 16.2 Å². The molecule has 0 radical (unpaired) electrons. The molecular formula is C23H19N5OS. The van der Waals surface area contributed by atoms with Gasteiger partial charge in [0.1, 0.15) is 10.5 Å². The highest BCUT2D eigenvalue weighted by molar-refractivity contribution is 7.18. The number of carbonyl (C=O) groups is 1. The number of benzene rings is 3. The van der Waals surface area contributed by atoms with Crippen molar-refractivity contribution >= 4 is 38.5 Å². The summed E-state index contributed by atoms with van der Waals surface area (Å²) in [7, 11) is 1.81. The molecule has 0 aliphatic rings. The van der Waals surface area contributed by atoms with Gasteiger partial charge < -0.3 is 4.90 Å². The molecule has 0 aliphatic heterocycles. The number of carbonyl (C=O) groups excluding carboxylic acids is 1. The summed E-state index contributed by atoms with van der Waals surface area (Å²) in [6.45, 7) is 1.10. The zero-order chi connectivity index (χ0) is 20.5. The molecule has 0 saturated heterocycles. The molecule has 5 aromatic rings. The second-order valence-corrected chi connectivity index (χ2v) is 8.28. The summed E-state index contributed by atoms with van der Waals surface area (Å²) in [5.41, 5.74) is 4.57. The molecule has 0 saturated carbocycles. The van der Waals surface area contributed by atoms with Gasteiger partial charge in [-0.3, -0.25) is 4.79 Å². The van der Waals surface area contributed by atoms with Gasteiger partial charge in [0.15, 0.2) is 0 Å². The summed E-state index contributed by atoms with van der Waals surface area (Å²) in [6, 6.07) is 23.6. The maximum Gasteiger partial charge on any atom is 0.253 e. The van der Waals surface area contributed by atoms with E-state index in [1.165, 1.54) is 0 Å². The third-order valence-electron chi connectivity index (χ3n) is 5.01. The van der Waals surface area contributed by atoms with E-state index in [0.717, 1.165) is 31.8 Å². The first-order valence-electron chi connectivity index (χ1n) is 9.64. The Kier molecular flexibility index (Phi) is 4.72. The molecule has 0 bridgehead atoms. The summed E-state index contributed by atoms with van der Waals surface area (Å²) >= 11 is 1.62. The van der Waals surface area contributed by atoms with Crippen molar-refractivity contribution in [2.75, 3.05) is 7.05 Å². The van der Waals surface area contributed by atoms with Gasteiger partial charge in [-0.05, 0) is 42.0 Å². The van der Waals surface area contributed by atoms with Gasteiger partial charge in [0, 0.05) is 12.6 Å². The Labute approximate surface area is 177 Å². The van der Waals surface area contributed by atoms with Gasteiger partial charge in [-0.1, -0.05) is 41.6 Å². The molecule has 148 valence electrons. The monoisotopic (exact) mass is 413 g/mol. The molecule has 2 heterocycles. The summed E-state index contributed by atoms with van der Waals surface area (Å²) < 4.78 is 3.00. The summed E-state index contributed by atoms with van der Waals surface area (Å²) in [6.07, 6.45) is 0. The summed E-state index contributed by atoms with van der Waals surface area (Å²) in [4.78, 5) is 19.2. The Morgan fingerprint density at radius 1 is 0.967 bits per heavy atom. The number of fused-ring (bicyclic) bond motifs is 2. The molecule has 30 heavy (non-hydrogen) atoms. The van der Waals surface area contributed by atoms with E-state index in [2.05, 4.69) is 21.4 Å². The van der Waals surface area contributed by atoms with Gasteiger partial charge in [-0.15, -0.1) is 16.4 Å². The Hall–Kier alpha value is -3.58. The molecule has 0 N–H and O–H groups in total. The highest BCUT2D eigenvalue weighted by atomic mass is 32.1. The lowest BCUT2D eigenvalue weighted by molar-refractivity contribution is 0.0785. The molecule has 2 aromatic heterocycles. The third kappa shape index (κ3) is 3.55. The normalized spacial score (nSPS) is 11.2. The van der Waals surface area contributed by atoms with Crippen LogP contribution in [0.2, 0.25) is 0 Å². The van der Waals surface area contributed by atoms with Crippen LogP contribution in [0.5, 0.6) is 0 Å². The minimum Gasteiger partial charge on any atom is -0.335 e. The minimum absolute atomic E-state index is 0.0213. The van der Waals surface area contributed by atoms with Crippen LogP contribution < -0.4 is 0 Å². The van der Waals surface area contributed by atoms with Gasteiger partial charge >= 0.3 is 0 Å². The fourth-order valence-corrected chi connectivity index (χ4v) is 4.46. The highest BCUT2D eigenvalue weighted by Gasteiger charge is 2.14. The molecule has 3 aromatic carbocycles. The zero-order valence-corrected chi connectivity index (χ0v) is 17.2. The molecule has 0 atom stereocenters. The largest absolute Gasteiger partial charge is 0.335 e. The average molecular weight is 414 g/mol. The standard InChI is InChI=1S/C23H19N5OS/c1-27(15-22-24-19-7-3-5-9-21(19)30-22)23(29)17-12-10-16(11-13-17)14-28-20-8-4-2-6-18(20)25-26-28/h2-13H,14-15H2,1H3. The number of amides is 1. The molecule has 1 amide bonds. The van der Waals surface area contributed by atoms with Gasteiger partial charge in [0.25, 0.3) is 5.91 Å². The first-order valence-corrected chi connectivity index (χ1v) is 10.5. The molecule has 5 rings (SSSR count). The highest BCUT2D eigenvalue weighted by Crippen LogP contribution is 2.23. The van der Waals surface area contributed by atoms with Gasteiger partial charge in [-0.2, -0.15) is 0 Å². The van der Waals surface area contributed by atoms with Crippen LogP contribution in [0, 0.1) is 0 Å². The van der Waals surface area contributed by atoms with Crippen molar-refractivity contribution < 1.29 is 4.79 Å². The SMILES string of the molecule is CN(Cc1nc2ccccc2s1)C(=O)c1ccc(Cn2nnc3ccccc32)cc1. The summed E-state index contributed by atoms with van der Waals surface area (Å²) in [5, 5.41) is 9.35. The maximum absolute atomic E-state index is 12.8. The summed E-state index contributed by atoms with van der Waals surface area (Å²) in [5.74, 6) is -0.0213. The van der Waals surface area contributed by atoms with Crippen LogP contribution in [0.25, 0.3) is 21.3 Å². The molecule has 6 nitrogen and oxygen atoms in total. The lowest BCUT2D eigenvalue weighted by Crippen LogP contribution is -2.26. The predicted octanol–water partition coefficient (Wildman–Crippen LogP) is 4.36. The molecule has 0 fully saturated rings. The van der Waals surface area contributed by atoms with E-state index in [9.17, 15) is 4.79 Å². The fraction of sp³-hybridized carbons (Fsp3) is 0.130. The van der Waals surface area contributed by atoms with Crippen molar-refractivity contribution in [1.29, 1.82) is 0 Å². The maximum atomic E-state index is 12.8. The van der Waals surface area contributed by atoms with Gasteiger partial charge in [-0.25, -0.2) is 9.67 Å². The average Bonchev–Trinajstić information content (AvgIpc) is 3.37. The number of hydrogen-bond acceptors (Lipinski definition) is 5. The van der Waals surface area contributed by atoms with Crippen LogP contribution in [-0.2, 0) is 13.1 Å². The predicted molar refractivity (Wildman–Crippen MR) is 118 cm³/mol. The van der Waals surface area contributed by atoms with E-state index in [1.807, 2.05) is 78.5 Å². The Morgan fingerprint density at radius 2 is 1.70 bits per heavy atom. The minimum atomic E-state index is -0.0213. The quantitative estimate of drug-likeness (QED) is 0.429. The number of nitrogens with zero attached hydrogens (tertiary/aromatic N) is 5. The third-order valence-corrected chi connectivity index (χ3v) is 6.03. The fourth-order valence-electron chi connectivity index (χ4n) is 3.44. The van der Waals surface area contributed by atoms with Crippen molar-refractivity contribution in [3.8, 4) is 0 Å². The number of aromatic nitrogens is 4. The zero-order valence-electron chi connectivity index (χ0n) is 16.4. The van der Waals surface area contributed by atoms with E-state index in [4.69, 9.17) is 0 Å². The molecule has 0 spiro atoms. The van der Waals surface area contributed by atoms with Crippen LogP contribution in [0.1, 0.15) is 20.9 Å². The number of rotatable bonds is 5. The lowest BCUT2D eigenvalue weighted by Gasteiger charge is -2.16. The number of hydrogen-bond donors (Lipinski definition) is 0.